The fourth-order valence-electron chi connectivity index (χ4n) is 1.78. The van der Waals surface area contributed by atoms with Gasteiger partial charge >= 0.3 is 6.18 Å². The molecule has 0 amide bonds. The summed E-state index contributed by atoms with van der Waals surface area (Å²) >= 11 is 0. The van der Waals surface area contributed by atoms with Gasteiger partial charge < -0.3 is 10.5 Å². The van der Waals surface area contributed by atoms with Crippen molar-refractivity contribution >= 4 is 0 Å². The Kier molecular flexibility index (Phi) is 4.47. The first-order valence-electron chi connectivity index (χ1n) is 6.17. The number of hydrogen-bond acceptors (Lipinski definition) is 2. The third kappa shape index (κ3) is 4.19. The average Bonchev–Trinajstić information content (AvgIpc) is 2.44. The van der Waals surface area contributed by atoms with Crippen molar-refractivity contribution < 1.29 is 22.3 Å². The molecule has 0 aliphatic carbocycles. The van der Waals surface area contributed by atoms with Gasteiger partial charge in [-0.25, -0.2) is 4.39 Å². The van der Waals surface area contributed by atoms with Gasteiger partial charge in [0.25, 0.3) is 0 Å². The first-order chi connectivity index (χ1) is 9.86. The lowest BCUT2D eigenvalue weighted by Crippen LogP contribution is -2.19. The second kappa shape index (κ2) is 6.13. The van der Waals surface area contributed by atoms with Crippen molar-refractivity contribution in [3.8, 4) is 5.75 Å². The quantitative estimate of drug-likeness (QED) is 0.868. The van der Waals surface area contributed by atoms with E-state index in [1.807, 2.05) is 0 Å². The second-order valence-electron chi connectivity index (χ2n) is 4.50. The van der Waals surface area contributed by atoms with E-state index in [0.29, 0.717) is 5.56 Å². The lowest BCUT2D eigenvalue weighted by molar-refractivity contribution is -0.137. The number of rotatable bonds is 4. The van der Waals surface area contributed by atoms with Crippen LogP contribution in [0.4, 0.5) is 17.6 Å². The lowest BCUT2D eigenvalue weighted by Gasteiger charge is -2.15. The molecule has 6 heteroatoms. The van der Waals surface area contributed by atoms with Crippen molar-refractivity contribution in [2.75, 3.05) is 6.61 Å². The summed E-state index contributed by atoms with van der Waals surface area (Å²) in [6, 6.07) is 9.47. The van der Waals surface area contributed by atoms with E-state index in [9.17, 15) is 17.6 Å². The fourth-order valence-corrected chi connectivity index (χ4v) is 1.78. The Morgan fingerprint density at radius 3 is 2.43 bits per heavy atom. The van der Waals surface area contributed by atoms with Crippen LogP contribution in [0.2, 0.25) is 0 Å². The molecule has 2 nitrogen and oxygen atoms in total. The summed E-state index contributed by atoms with van der Waals surface area (Å²) in [5, 5.41) is 0. The maximum atomic E-state index is 13.0. The first kappa shape index (κ1) is 15.3. The van der Waals surface area contributed by atoms with Crippen molar-refractivity contribution in [1.29, 1.82) is 0 Å². The monoisotopic (exact) mass is 299 g/mol. The smallest absolute Gasteiger partial charge is 0.416 e. The zero-order chi connectivity index (χ0) is 15.5. The molecule has 0 saturated carbocycles. The standard InChI is InChI=1S/C15H13F4NO/c16-12-5-2-6-13(8-12)21-9-14(20)10-3-1-4-11(7-10)15(17,18)19/h1-8,14H,9,20H2/t14-/m0/s1. The van der Waals surface area contributed by atoms with E-state index in [4.69, 9.17) is 10.5 Å². The van der Waals surface area contributed by atoms with Gasteiger partial charge in [0.15, 0.2) is 0 Å². The van der Waals surface area contributed by atoms with Gasteiger partial charge in [-0.05, 0) is 29.8 Å². The zero-order valence-corrected chi connectivity index (χ0v) is 10.9. The van der Waals surface area contributed by atoms with E-state index >= 15 is 0 Å². The van der Waals surface area contributed by atoms with Crippen molar-refractivity contribution in [3.63, 3.8) is 0 Å². The van der Waals surface area contributed by atoms with Gasteiger partial charge in [-0.15, -0.1) is 0 Å². The topological polar surface area (TPSA) is 35.2 Å². The Balaban J connectivity index is 2.05. The Morgan fingerprint density at radius 1 is 1.05 bits per heavy atom. The first-order valence-corrected chi connectivity index (χ1v) is 6.17. The van der Waals surface area contributed by atoms with Gasteiger partial charge in [-0.2, -0.15) is 13.2 Å². The third-order valence-electron chi connectivity index (χ3n) is 2.87. The Bertz CT molecular complexity index is 613. The van der Waals surface area contributed by atoms with Crippen LogP contribution < -0.4 is 10.5 Å². The SMILES string of the molecule is N[C@@H](COc1cccc(F)c1)c1cccc(C(F)(F)F)c1. The molecule has 0 fully saturated rings. The molecule has 0 radical (unpaired) electrons. The van der Waals surface area contributed by atoms with Crippen LogP contribution in [0.3, 0.4) is 0 Å². The molecule has 0 aliphatic heterocycles. The molecule has 2 aromatic rings. The summed E-state index contributed by atoms with van der Waals surface area (Å²) in [5.41, 5.74) is 5.35. The van der Waals surface area contributed by atoms with Crippen LogP contribution in [0.25, 0.3) is 0 Å². The molecule has 21 heavy (non-hydrogen) atoms. The van der Waals surface area contributed by atoms with Crippen LogP contribution in [0.1, 0.15) is 17.2 Å². The fraction of sp³-hybridized carbons (Fsp3) is 0.200. The van der Waals surface area contributed by atoms with Gasteiger partial charge in [-0.3, -0.25) is 0 Å². The van der Waals surface area contributed by atoms with Crippen LogP contribution in [0, 0.1) is 5.82 Å². The van der Waals surface area contributed by atoms with E-state index in [1.54, 1.807) is 6.07 Å². The molecule has 0 bridgehead atoms. The van der Waals surface area contributed by atoms with Crippen molar-refractivity contribution in [3.05, 3.63) is 65.5 Å². The number of halogens is 4. The van der Waals surface area contributed by atoms with Crippen LogP contribution in [0.5, 0.6) is 5.75 Å². The molecular weight excluding hydrogens is 286 g/mol. The van der Waals surface area contributed by atoms with Gasteiger partial charge in [-0.1, -0.05) is 18.2 Å². The number of benzene rings is 2. The Hall–Kier alpha value is -2.08. The van der Waals surface area contributed by atoms with Crippen LogP contribution in [0.15, 0.2) is 48.5 Å². The summed E-state index contributed by atoms with van der Waals surface area (Å²) in [5.74, 6) is -0.183. The van der Waals surface area contributed by atoms with Crippen molar-refractivity contribution in [1.82, 2.24) is 0 Å². The maximum absolute atomic E-state index is 13.0. The molecule has 0 heterocycles. The lowest BCUT2D eigenvalue weighted by atomic mass is 10.0. The highest BCUT2D eigenvalue weighted by Crippen LogP contribution is 2.30. The predicted octanol–water partition coefficient (Wildman–Crippen LogP) is 3.92. The van der Waals surface area contributed by atoms with Crippen molar-refractivity contribution in [2.24, 2.45) is 5.73 Å². The summed E-state index contributed by atoms with van der Waals surface area (Å²) in [7, 11) is 0. The summed E-state index contributed by atoms with van der Waals surface area (Å²) < 4.78 is 56.1. The minimum Gasteiger partial charge on any atom is -0.492 e. The van der Waals surface area contributed by atoms with E-state index in [1.165, 1.54) is 30.3 Å². The molecule has 2 N–H and O–H groups in total. The van der Waals surface area contributed by atoms with Crippen LogP contribution in [-0.4, -0.2) is 6.61 Å². The van der Waals surface area contributed by atoms with Gasteiger partial charge in [0, 0.05) is 6.07 Å². The van der Waals surface area contributed by atoms with Gasteiger partial charge in [0.05, 0.1) is 11.6 Å². The molecule has 0 saturated heterocycles. The highest BCUT2D eigenvalue weighted by Gasteiger charge is 2.30. The van der Waals surface area contributed by atoms with E-state index in [2.05, 4.69) is 0 Å². The molecule has 0 aromatic heterocycles. The molecule has 1 atom stereocenters. The second-order valence-corrected chi connectivity index (χ2v) is 4.50. The minimum absolute atomic E-state index is 0.0508. The maximum Gasteiger partial charge on any atom is 0.416 e. The van der Waals surface area contributed by atoms with Crippen LogP contribution >= 0.6 is 0 Å². The highest BCUT2D eigenvalue weighted by atomic mass is 19.4. The van der Waals surface area contributed by atoms with Gasteiger partial charge in [0.2, 0.25) is 0 Å². The average molecular weight is 299 g/mol. The zero-order valence-electron chi connectivity index (χ0n) is 10.9. The van der Waals surface area contributed by atoms with Crippen molar-refractivity contribution in [2.45, 2.75) is 12.2 Å². The Labute approximate surface area is 119 Å². The number of hydrogen-bond donors (Lipinski definition) is 1. The highest BCUT2D eigenvalue weighted by molar-refractivity contribution is 5.28. The van der Waals surface area contributed by atoms with E-state index in [0.717, 1.165) is 12.1 Å². The molecular formula is C15H13F4NO. The summed E-state index contributed by atoms with van der Waals surface area (Å²) in [6.07, 6.45) is -4.42. The molecule has 0 aliphatic rings. The predicted molar refractivity (Wildman–Crippen MR) is 70.3 cm³/mol. The number of ether oxygens (including phenoxy) is 1. The normalized spacial score (nSPS) is 13.0. The number of nitrogens with two attached hydrogens (primary N) is 1. The molecule has 112 valence electrons. The van der Waals surface area contributed by atoms with E-state index in [-0.39, 0.29) is 12.4 Å². The molecule has 2 aromatic carbocycles. The molecule has 0 unspecified atom stereocenters. The largest absolute Gasteiger partial charge is 0.492 e. The van der Waals surface area contributed by atoms with Crippen LogP contribution in [-0.2, 0) is 6.18 Å². The summed E-state index contributed by atoms with van der Waals surface area (Å²) in [6.45, 7) is -0.0508. The Morgan fingerprint density at radius 2 is 1.76 bits per heavy atom. The third-order valence-corrected chi connectivity index (χ3v) is 2.87. The number of alkyl halides is 3. The van der Waals surface area contributed by atoms with Gasteiger partial charge in [0.1, 0.15) is 18.2 Å². The minimum atomic E-state index is -4.42. The van der Waals surface area contributed by atoms with E-state index < -0.39 is 23.6 Å². The molecule has 0 spiro atoms. The molecule has 2 rings (SSSR count). The summed E-state index contributed by atoms with van der Waals surface area (Å²) in [4.78, 5) is 0.